The van der Waals surface area contributed by atoms with Crippen LogP contribution >= 0.6 is 11.8 Å². The maximum atomic E-state index is 13.4. The molecule has 3 aromatic carbocycles. The number of anilines is 1. The molecule has 1 unspecified atom stereocenters. The van der Waals surface area contributed by atoms with Gasteiger partial charge in [0.05, 0.1) is 31.6 Å². The van der Waals surface area contributed by atoms with E-state index in [1.54, 1.807) is 67.5 Å². The van der Waals surface area contributed by atoms with E-state index in [0.717, 1.165) is 23.5 Å². The lowest BCUT2D eigenvalue weighted by Gasteiger charge is -2.32. The molecule has 42 heavy (non-hydrogen) atoms. The number of thioether (sulfide) groups is 1. The fourth-order valence-electron chi connectivity index (χ4n) is 4.17. The molecule has 0 radical (unpaired) electrons. The molecule has 10 heteroatoms. The molecule has 0 aliphatic carbocycles. The number of nitrogens with one attached hydrogen (secondary N) is 1. The van der Waals surface area contributed by atoms with E-state index in [1.165, 1.54) is 11.8 Å². The Kier molecular flexibility index (Phi) is 11.0. The number of ether oxygens (including phenoxy) is 3. The molecule has 2 amide bonds. The number of carbonyl (C=O) groups is 3. The van der Waals surface area contributed by atoms with E-state index in [1.807, 2.05) is 31.2 Å². The van der Waals surface area contributed by atoms with Gasteiger partial charge in [0, 0.05) is 18.7 Å². The third-order valence-corrected chi connectivity index (χ3v) is 7.60. The van der Waals surface area contributed by atoms with E-state index < -0.39 is 11.2 Å². The molecule has 1 aliphatic rings. The Morgan fingerprint density at radius 1 is 0.976 bits per heavy atom. The number of benzene rings is 3. The monoisotopic (exact) mass is 589 g/mol. The molecule has 0 aromatic heterocycles. The van der Waals surface area contributed by atoms with E-state index >= 15 is 0 Å². The van der Waals surface area contributed by atoms with Gasteiger partial charge in [0.25, 0.3) is 0 Å². The van der Waals surface area contributed by atoms with Crippen molar-refractivity contribution in [3.63, 3.8) is 0 Å². The van der Waals surface area contributed by atoms with E-state index in [-0.39, 0.29) is 24.8 Å². The average Bonchev–Trinajstić information content (AvgIpc) is 3.01. The summed E-state index contributed by atoms with van der Waals surface area (Å²) in [6, 6.07) is 21.5. The quantitative estimate of drug-likeness (QED) is 0.264. The summed E-state index contributed by atoms with van der Waals surface area (Å²) >= 11 is 1.25. The zero-order valence-corrected chi connectivity index (χ0v) is 24.8. The first-order chi connectivity index (χ1) is 20.4. The molecule has 220 valence electrons. The third kappa shape index (κ3) is 8.36. The van der Waals surface area contributed by atoms with Gasteiger partial charge in [0.2, 0.25) is 11.8 Å². The summed E-state index contributed by atoms with van der Waals surface area (Å²) in [5.41, 5.74) is 2.62. The zero-order valence-electron chi connectivity index (χ0n) is 24.0. The Hall–Kier alpha value is -4.31. The van der Waals surface area contributed by atoms with E-state index in [2.05, 4.69) is 5.32 Å². The minimum Gasteiger partial charge on any atom is -0.497 e. The minimum absolute atomic E-state index is 0.0393. The van der Waals surface area contributed by atoms with Crippen molar-refractivity contribution in [3.8, 4) is 11.5 Å². The average molecular weight is 590 g/mol. The summed E-state index contributed by atoms with van der Waals surface area (Å²) in [7, 11) is 1.62. The smallest absolute Gasteiger partial charge is 0.338 e. The molecule has 1 heterocycles. The first kappa shape index (κ1) is 30.6. The van der Waals surface area contributed by atoms with Crippen LogP contribution < -0.4 is 14.8 Å². The van der Waals surface area contributed by atoms with Crippen LogP contribution in [0.4, 0.5) is 11.4 Å². The topological polar surface area (TPSA) is 107 Å². The first-order valence-electron chi connectivity index (χ1n) is 13.9. The molecule has 1 atom stereocenters. The van der Waals surface area contributed by atoms with Gasteiger partial charge >= 0.3 is 5.97 Å². The van der Waals surface area contributed by atoms with Crippen LogP contribution in [0.2, 0.25) is 0 Å². The van der Waals surface area contributed by atoms with Crippen molar-refractivity contribution in [2.24, 2.45) is 4.99 Å². The van der Waals surface area contributed by atoms with Gasteiger partial charge in [-0.1, -0.05) is 30.8 Å². The Balaban J connectivity index is 1.52. The third-order valence-electron chi connectivity index (χ3n) is 6.41. The maximum Gasteiger partial charge on any atom is 0.338 e. The Morgan fingerprint density at radius 2 is 1.67 bits per heavy atom. The van der Waals surface area contributed by atoms with Crippen molar-refractivity contribution in [2.45, 2.75) is 38.4 Å². The number of amides is 2. The van der Waals surface area contributed by atoms with E-state index in [9.17, 15) is 14.4 Å². The van der Waals surface area contributed by atoms with Crippen molar-refractivity contribution in [1.82, 2.24) is 4.90 Å². The van der Waals surface area contributed by atoms with Crippen LogP contribution in [0.15, 0.2) is 77.8 Å². The Morgan fingerprint density at radius 3 is 2.31 bits per heavy atom. The number of hydrogen-bond donors (Lipinski definition) is 1. The molecule has 1 fully saturated rings. The molecule has 1 N–H and O–H groups in total. The number of nitrogens with zero attached hydrogens (tertiary/aromatic N) is 2. The van der Waals surface area contributed by atoms with E-state index in [0.29, 0.717) is 41.7 Å². The highest BCUT2D eigenvalue weighted by Crippen LogP contribution is 2.31. The van der Waals surface area contributed by atoms with Crippen molar-refractivity contribution < 1.29 is 28.6 Å². The molecule has 1 saturated heterocycles. The van der Waals surface area contributed by atoms with Crippen LogP contribution in [-0.4, -0.2) is 60.0 Å². The molecule has 0 spiro atoms. The fourth-order valence-corrected chi connectivity index (χ4v) is 5.29. The highest BCUT2D eigenvalue weighted by atomic mass is 32.2. The highest BCUT2D eigenvalue weighted by Gasteiger charge is 2.35. The number of hydrogen-bond acceptors (Lipinski definition) is 8. The molecule has 0 bridgehead atoms. The summed E-state index contributed by atoms with van der Waals surface area (Å²) in [6.07, 6.45) is 1.54. The van der Waals surface area contributed by atoms with Crippen molar-refractivity contribution in [3.05, 3.63) is 83.9 Å². The summed E-state index contributed by atoms with van der Waals surface area (Å²) in [6.45, 7) is 5.08. The van der Waals surface area contributed by atoms with Crippen LogP contribution in [0.5, 0.6) is 11.5 Å². The van der Waals surface area contributed by atoms with Crippen molar-refractivity contribution in [1.29, 1.82) is 0 Å². The normalized spacial score (nSPS) is 15.8. The summed E-state index contributed by atoms with van der Waals surface area (Å²) in [5, 5.41) is 2.67. The second-order valence-electron chi connectivity index (χ2n) is 9.48. The van der Waals surface area contributed by atoms with Crippen LogP contribution in [-0.2, 0) is 20.7 Å². The number of methoxy groups -OCH3 is 1. The lowest BCUT2D eigenvalue weighted by atomic mass is 10.1. The van der Waals surface area contributed by atoms with Gasteiger partial charge in [-0.25, -0.2) is 9.79 Å². The van der Waals surface area contributed by atoms with Gasteiger partial charge in [0.15, 0.2) is 5.17 Å². The van der Waals surface area contributed by atoms with Crippen LogP contribution in [0.1, 0.15) is 42.6 Å². The van der Waals surface area contributed by atoms with E-state index in [4.69, 9.17) is 19.2 Å². The van der Waals surface area contributed by atoms with Gasteiger partial charge in [-0.2, -0.15) is 0 Å². The zero-order chi connectivity index (χ0) is 29.9. The van der Waals surface area contributed by atoms with Crippen molar-refractivity contribution >= 4 is 46.1 Å². The predicted octanol–water partition coefficient (Wildman–Crippen LogP) is 5.86. The van der Waals surface area contributed by atoms with Crippen LogP contribution in [0.3, 0.4) is 0 Å². The summed E-state index contributed by atoms with van der Waals surface area (Å²) in [4.78, 5) is 45.1. The largest absolute Gasteiger partial charge is 0.497 e. The molecular formula is C32H35N3O6S. The molecule has 0 saturated carbocycles. The van der Waals surface area contributed by atoms with Crippen LogP contribution in [0, 0.1) is 0 Å². The van der Waals surface area contributed by atoms with Crippen LogP contribution in [0.25, 0.3) is 0 Å². The van der Waals surface area contributed by atoms with Gasteiger partial charge in [-0.05, 0) is 86.0 Å². The number of amidine groups is 1. The number of aliphatic imine (C=N–C) groups is 1. The second-order valence-corrected chi connectivity index (χ2v) is 10.6. The summed E-state index contributed by atoms with van der Waals surface area (Å²) in [5.74, 6) is 0.604. The molecule has 1 aliphatic heterocycles. The van der Waals surface area contributed by atoms with Gasteiger partial charge in [0.1, 0.15) is 16.7 Å². The van der Waals surface area contributed by atoms with Gasteiger partial charge < -0.3 is 19.5 Å². The second kappa shape index (κ2) is 15.1. The number of esters is 1. The Labute approximate surface area is 250 Å². The van der Waals surface area contributed by atoms with Gasteiger partial charge in [-0.15, -0.1) is 0 Å². The molecule has 9 nitrogen and oxygen atoms in total. The SMILES string of the molecule is CCCOc1ccc(NC(=O)C2CC(=O)N(CCc3ccc(OC)cc3)C(=Nc3ccc(C(=O)OCC)cc3)S2)cc1. The fraction of sp³-hybridized carbons (Fsp3) is 0.312. The number of carbonyl (C=O) groups excluding carboxylic acids is 3. The lowest BCUT2D eigenvalue weighted by molar-refractivity contribution is -0.129. The van der Waals surface area contributed by atoms with Gasteiger partial charge in [-0.3, -0.25) is 14.5 Å². The first-order valence-corrected chi connectivity index (χ1v) is 14.8. The number of rotatable bonds is 12. The molecule has 4 rings (SSSR count). The lowest BCUT2D eigenvalue weighted by Crippen LogP contribution is -2.46. The predicted molar refractivity (Wildman–Crippen MR) is 165 cm³/mol. The highest BCUT2D eigenvalue weighted by molar-refractivity contribution is 8.15. The summed E-state index contributed by atoms with van der Waals surface area (Å²) < 4.78 is 15.9. The Bertz CT molecular complexity index is 1390. The standard InChI is InChI=1S/C32H35N3O6S/c1-4-20-41-27-16-12-24(13-17-27)33-30(37)28-21-29(36)35(19-18-22-6-14-26(39-3)15-7-22)32(42-28)34-25-10-8-23(9-11-25)31(38)40-5-2/h6-17,28H,4-5,18-21H2,1-3H3,(H,33,37). The van der Waals surface area contributed by atoms with Crippen molar-refractivity contribution in [2.75, 3.05) is 32.2 Å². The molecule has 3 aromatic rings. The maximum absolute atomic E-state index is 13.4. The minimum atomic E-state index is -0.664. The molecular weight excluding hydrogens is 554 g/mol.